The molecular formula is C51H31N5O. The highest BCUT2D eigenvalue weighted by Crippen LogP contribution is 2.38. The quantitative estimate of drug-likeness (QED) is 0.177. The largest absolute Gasteiger partial charge is 0.456 e. The SMILES string of the molecule is c1ccc(-c2ccc3c(c2)c2ccccc2n3-c2ccc3c(c2)oc2ccc(-c4nc(-c5ccccc5)nc(-n5c6ccccc6c6ccccc65)n4)cc23)cc1. The summed E-state index contributed by atoms with van der Waals surface area (Å²) in [7, 11) is 0. The van der Waals surface area contributed by atoms with Crippen LogP contribution in [0.3, 0.4) is 0 Å². The van der Waals surface area contributed by atoms with Crippen LogP contribution in [0.1, 0.15) is 0 Å². The Hall–Kier alpha value is -7.83. The molecule has 0 unspecified atom stereocenters. The molecule has 0 saturated heterocycles. The lowest BCUT2D eigenvalue weighted by molar-refractivity contribution is 0.668. The molecule has 4 aromatic heterocycles. The summed E-state index contributed by atoms with van der Waals surface area (Å²) in [6, 6.07) is 65.6. The van der Waals surface area contributed by atoms with Crippen LogP contribution in [0.2, 0.25) is 0 Å². The van der Waals surface area contributed by atoms with Crippen molar-refractivity contribution in [1.82, 2.24) is 24.1 Å². The van der Waals surface area contributed by atoms with Crippen molar-refractivity contribution in [2.45, 2.75) is 0 Å². The summed E-state index contributed by atoms with van der Waals surface area (Å²) in [5, 5.41) is 6.77. The Morgan fingerprint density at radius 1 is 0.316 bits per heavy atom. The summed E-state index contributed by atoms with van der Waals surface area (Å²) in [6.07, 6.45) is 0. The predicted octanol–water partition coefficient (Wildman–Crippen LogP) is 13.0. The van der Waals surface area contributed by atoms with E-state index in [0.717, 1.165) is 71.6 Å². The van der Waals surface area contributed by atoms with Crippen LogP contribution < -0.4 is 0 Å². The van der Waals surface area contributed by atoms with E-state index in [-0.39, 0.29) is 0 Å². The standard InChI is InChI=1S/C51H31N5O/c1-3-13-32(14-4-1)34-23-27-46-41(29-34)39-19-9-10-20-43(39)55(46)36-25-26-40-42-30-35(24-28-47(42)57-48(40)31-36)50-52-49(33-15-5-2-6-16-33)53-51(54-50)56-44-21-11-7-17-37(44)38-18-8-12-22-45(38)56/h1-31H. The van der Waals surface area contributed by atoms with Crippen molar-refractivity contribution in [2.75, 3.05) is 0 Å². The highest BCUT2D eigenvalue weighted by Gasteiger charge is 2.19. The third-order valence-corrected chi connectivity index (χ3v) is 11.2. The van der Waals surface area contributed by atoms with Crippen LogP contribution in [0, 0.1) is 0 Å². The molecule has 0 saturated carbocycles. The molecule has 57 heavy (non-hydrogen) atoms. The summed E-state index contributed by atoms with van der Waals surface area (Å²) in [6.45, 7) is 0. The molecular weight excluding hydrogens is 699 g/mol. The molecule has 0 fully saturated rings. The van der Waals surface area contributed by atoms with Crippen LogP contribution in [0.5, 0.6) is 0 Å². The van der Waals surface area contributed by atoms with Crippen LogP contribution in [-0.4, -0.2) is 24.1 Å². The zero-order valence-corrected chi connectivity index (χ0v) is 30.5. The van der Waals surface area contributed by atoms with Gasteiger partial charge in [0.15, 0.2) is 11.6 Å². The Morgan fingerprint density at radius 2 is 0.860 bits per heavy atom. The third kappa shape index (κ3) is 4.94. The van der Waals surface area contributed by atoms with Gasteiger partial charge in [0, 0.05) is 55.2 Å². The van der Waals surface area contributed by atoms with Crippen LogP contribution in [-0.2, 0) is 0 Å². The molecule has 12 aromatic rings. The number of para-hydroxylation sites is 3. The number of hydrogen-bond donors (Lipinski definition) is 0. The second-order valence-electron chi connectivity index (χ2n) is 14.5. The van der Waals surface area contributed by atoms with Gasteiger partial charge in [0.25, 0.3) is 0 Å². The van der Waals surface area contributed by atoms with Crippen LogP contribution in [0.25, 0.3) is 111 Å². The summed E-state index contributed by atoms with van der Waals surface area (Å²) in [5.74, 6) is 1.77. The first-order valence-corrected chi connectivity index (χ1v) is 19.1. The molecule has 0 radical (unpaired) electrons. The van der Waals surface area contributed by atoms with Gasteiger partial charge < -0.3 is 8.98 Å². The Bertz CT molecular complexity index is 3470. The third-order valence-electron chi connectivity index (χ3n) is 11.2. The van der Waals surface area contributed by atoms with Gasteiger partial charge in [-0.25, -0.2) is 4.98 Å². The maximum atomic E-state index is 6.58. The minimum atomic E-state index is 0.570. The lowest BCUT2D eigenvalue weighted by Gasteiger charge is -2.11. The first-order chi connectivity index (χ1) is 28.2. The average molecular weight is 730 g/mol. The average Bonchev–Trinajstić information content (AvgIpc) is 3.93. The molecule has 0 spiro atoms. The summed E-state index contributed by atoms with van der Waals surface area (Å²) in [5.41, 5.74) is 11.3. The summed E-state index contributed by atoms with van der Waals surface area (Å²) in [4.78, 5) is 15.3. The number of nitrogens with zero attached hydrogens (tertiary/aromatic N) is 5. The number of fused-ring (bicyclic) bond motifs is 9. The Balaban J connectivity index is 1.01. The van der Waals surface area contributed by atoms with E-state index in [2.05, 4.69) is 155 Å². The molecule has 0 bridgehead atoms. The fourth-order valence-electron chi connectivity index (χ4n) is 8.55. The number of benzene rings is 8. The number of aromatic nitrogens is 5. The Morgan fingerprint density at radius 3 is 1.56 bits per heavy atom. The molecule has 0 atom stereocenters. The molecule has 0 aliphatic rings. The van der Waals surface area contributed by atoms with E-state index in [0.29, 0.717) is 17.6 Å². The maximum absolute atomic E-state index is 6.58. The Labute approximate surface area is 326 Å². The topological polar surface area (TPSA) is 61.7 Å². The Kier molecular flexibility index (Phi) is 6.83. The predicted molar refractivity (Wildman–Crippen MR) is 232 cm³/mol. The lowest BCUT2D eigenvalue weighted by Crippen LogP contribution is -2.06. The van der Waals surface area contributed by atoms with Crippen molar-refractivity contribution in [3.63, 3.8) is 0 Å². The fraction of sp³-hybridized carbons (Fsp3) is 0. The molecule has 0 aliphatic carbocycles. The van der Waals surface area contributed by atoms with E-state index in [4.69, 9.17) is 19.4 Å². The maximum Gasteiger partial charge on any atom is 0.238 e. The summed E-state index contributed by atoms with van der Waals surface area (Å²) >= 11 is 0. The van der Waals surface area contributed by atoms with Gasteiger partial charge in [0.1, 0.15) is 11.2 Å². The van der Waals surface area contributed by atoms with E-state index >= 15 is 0 Å². The normalized spacial score (nSPS) is 11.9. The number of hydrogen-bond acceptors (Lipinski definition) is 4. The van der Waals surface area contributed by atoms with Gasteiger partial charge in [-0.2, -0.15) is 9.97 Å². The van der Waals surface area contributed by atoms with Gasteiger partial charge in [0.2, 0.25) is 5.95 Å². The van der Waals surface area contributed by atoms with Crippen molar-refractivity contribution in [2.24, 2.45) is 0 Å². The van der Waals surface area contributed by atoms with Crippen LogP contribution in [0.15, 0.2) is 192 Å². The molecule has 0 aliphatic heterocycles. The molecule has 6 nitrogen and oxygen atoms in total. The molecule has 4 heterocycles. The van der Waals surface area contributed by atoms with E-state index in [9.17, 15) is 0 Å². The summed E-state index contributed by atoms with van der Waals surface area (Å²) < 4.78 is 11.1. The van der Waals surface area contributed by atoms with Gasteiger partial charge in [-0.15, -0.1) is 0 Å². The highest BCUT2D eigenvalue weighted by molar-refractivity contribution is 6.12. The smallest absolute Gasteiger partial charge is 0.238 e. The van der Waals surface area contributed by atoms with Crippen LogP contribution >= 0.6 is 0 Å². The van der Waals surface area contributed by atoms with E-state index in [1.54, 1.807) is 0 Å². The second kappa shape index (κ2) is 12.3. The molecule has 0 N–H and O–H groups in total. The lowest BCUT2D eigenvalue weighted by atomic mass is 10.0. The monoisotopic (exact) mass is 729 g/mol. The molecule has 0 amide bonds. The molecule has 8 aromatic carbocycles. The van der Waals surface area contributed by atoms with Gasteiger partial charge >= 0.3 is 0 Å². The van der Waals surface area contributed by atoms with E-state index in [1.807, 2.05) is 42.5 Å². The molecule has 6 heteroatoms. The highest BCUT2D eigenvalue weighted by atomic mass is 16.3. The first-order valence-electron chi connectivity index (χ1n) is 19.1. The number of rotatable bonds is 5. The minimum absolute atomic E-state index is 0.570. The zero-order valence-electron chi connectivity index (χ0n) is 30.5. The van der Waals surface area contributed by atoms with Crippen molar-refractivity contribution in [3.05, 3.63) is 188 Å². The van der Waals surface area contributed by atoms with Gasteiger partial charge in [-0.05, 0) is 71.8 Å². The van der Waals surface area contributed by atoms with Gasteiger partial charge in [-0.1, -0.05) is 121 Å². The van der Waals surface area contributed by atoms with Crippen LogP contribution in [0.4, 0.5) is 0 Å². The molecule has 266 valence electrons. The van der Waals surface area contributed by atoms with E-state index in [1.165, 1.54) is 21.9 Å². The number of furan rings is 1. The first kappa shape index (κ1) is 31.5. The van der Waals surface area contributed by atoms with Crippen molar-refractivity contribution in [3.8, 4) is 45.5 Å². The van der Waals surface area contributed by atoms with Gasteiger partial charge in [0.05, 0.1) is 22.1 Å². The van der Waals surface area contributed by atoms with Crippen molar-refractivity contribution < 1.29 is 4.42 Å². The van der Waals surface area contributed by atoms with E-state index < -0.39 is 0 Å². The minimum Gasteiger partial charge on any atom is -0.456 e. The zero-order chi connectivity index (χ0) is 37.5. The van der Waals surface area contributed by atoms with Crippen molar-refractivity contribution >= 4 is 65.6 Å². The second-order valence-corrected chi connectivity index (χ2v) is 14.5. The fourth-order valence-corrected chi connectivity index (χ4v) is 8.55. The van der Waals surface area contributed by atoms with Crippen molar-refractivity contribution in [1.29, 1.82) is 0 Å². The molecule has 12 rings (SSSR count). The van der Waals surface area contributed by atoms with Gasteiger partial charge in [-0.3, -0.25) is 4.57 Å².